The van der Waals surface area contributed by atoms with Crippen LogP contribution in [0.5, 0.6) is 0 Å². The highest BCUT2D eigenvalue weighted by atomic mass is 16.5. The van der Waals surface area contributed by atoms with Crippen molar-refractivity contribution in [3.63, 3.8) is 0 Å². The second kappa shape index (κ2) is 4.07. The van der Waals surface area contributed by atoms with Gasteiger partial charge in [0.05, 0.1) is 6.61 Å². The smallest absolute Gasteiger partial charge is 0.0622 e. The topological polar surface area (TPSA) is 12.5 Å². The van der Waals surface area contributed by atoms with Crippen LogP contribution in [0.15, 0.2) is 30.3 Å². The molecule has 1 saturated carbocycles. The van der Waals surface area contributed by atoms with Crippen molar-refractivity contribution in [3.8, 4) is 0 Å². The van der Waals surface area contributed by atoms with Crippen LogP contribution in [0, 0.1) is 5.41 Å². The highest BCUT2D eigenvalue weighted by Crippen LogP contribution is 2.56. The van der Waals surface area contributed by atoms with Crippen molar-refractivity contribution in [2.45, 2.75) is 31.2 Å². The van der Waals surface area contributed by atoms with Crippen LogP contribution in [-0.4, -0.2) is 37.2 Å². The molecule has 2 heterocycles. The molecule has 0 amide bonds. The molecule has 0 radical (unpaired) electrons. The van der Waals surface area contributed by atoms with E-state index in [0.717, 1.165) is 25.2 Å². The van der Waals surface area contributed by atoms with Crippen molar-refractivity contribution >= 4 is 0 Å². The SMILES string of the molecule is c1ccc(C2CC3(C2)CN(C2CCOC2)C3)cc1. The predicted molar refractivity (Wildman–Crippen MR) is 71.6 cm³/mol. The van der Waals surface area contributed by atoms with E-state index in [4.69, 9.17) is 4.74 Å². The van der Waals surface area contributed by atoms with Gasteiger partial charge in [0, 0.05) is 25.7 Å². The number of likely N-dealkylation sites (tertiary alicyclic amines) is 1. The van der Waals surface area contributed by atoms with Gasteiger partial charge >= 0.3 is 0 Å². The molecule has 2 heteroatoms. The fourth-order valence-corrected chi connectivity index (χ4v) is 4.09. The zero-order valence-electron chi connectivity index (χ0n) is 10.8. The molecule has 18 heavy (non-hydrogen) atoms. The van der Waals surface area contributed by atoms with E-state index in [-0.39, 0.29) is 0 Å². The lowest BCUT2D eigenvalue weighted by atomic mass is 9.56. The average molecular weight is 243 g/mol. The van der Waals surface area contributed by atoms with Crippen molar-refractivity contribution in [2.75, 3.05) is 26.3 Å². The third-order valence-electron chi connectivity index (χ3n) is 5.13. The van der Waals surface area contributed by atoms with Gasteiger partial charge in [-0.1, -0.05) is 30.3 Å². The molecule has 1 spiro atoms. The van der Waals surface area contributed by atoms with Gasteiger partial charge in [0.25, 0.3) is 0 Å². The molecule has 3 fully saturated rings. The van der Waals surface area contributed by atoms with Crippen molar-refractivity contribution in [2.24, 2.45) is 5.41 Å². The number of ether oxygens (including phenoxy) is 1. The Morgan fingerprint density at radius 3 is 2.56 bits per heavy atom. The Bertz CT molecular complexity index is 410. The Morgan fingerprint density at radius 2 is 1.89 bits per heavy atom. The first-order valence-corrected chi connectivity index (χ1v) is 7.21. The Morgan fingerprint density at radius 1 is 1.11 bits per heavy atom. The number of hydrogen-bond donors (Lipinski definition) is 0. The van der Waals surface area contributed by atoms with Gasteiger partial charge in [-0.2, -0.15) is 0 Å². The van der Waals surface area contributed by atoms with Gasteiger partial charge in [-0.15, -0.1) is 0 Å². The minimum absolute atomic E-state index is 0.670. The van der Waals surface area contributed by atoms with Crippen LogP contribution >= 0.6 is 0 Å². The highest BCUT2D eigenvalue weighted by molar-refractivity contribution is 5.25. The Kier molecular flexibility index (Phi) is 2.49. The van der Waals surface area contributed by atoms with Gasteiger partial charge < -0.3 is 4.74 Å². The van der Waals surface area contributed by atoms with Crippen LogP contribution < -0.4 is 0 Å². The fourth-order valence-electron chi connectivity index (χ4n) is 4.09. The largest absolute Gasteiger partial charge is 0.380 e. The second-order valence-corrected chi connectivity index (χ2v) is 6.44. The van der Waals surface area contributed by atoms with Crippen LogP contribution in [0.1, 0.15) is 30.7 Å². The predicted octanol–water partition coefficient (Wildman–Crippen LogP) is 2.65. The van der Waals surface area contributed by atoms with Crippen LogP contribution in [0.2, 0.25) is 0 Å². The van der Waals surface area contributed by atoms with Crippen LogP contribution in [0.3, 0.4) is 0 Å². The zero-order chi connectivity index (χ0) is 12.0. The molecular weight excluding hydrogens is 222 g/mol. The van der Waals surface area contributed by atoms with Gasteiger partial charge in [-0.05, 0) is 36.2 Å². The van der Waals surface area contributed by atoms with Crippen molar-refractivity contribution in [3.05, 3.63) is 35.9 Å². The minimum atomic E-state index is 0.670. The molecule has 1 aromatic rings. The molecule has 2 nitrogen and oxygen atoms in total. The summed E-state index contributed by atoms with van der Waals surface area (Å²) in [5.74, 6) is 0.827. The van der Waals surface area contributed by atoms with E-state index in [1.807, 2.05) is 0 Å². The van der Waals surface area contributed by atoms with Gasteiger partial charge in [-0.3, -0.25) is 4.90 Å². The normalized spacial score (nSPS) is 31.2. The maximum Gasteiger partial charge on any atom is 0.0622 e. The molecule has 1 unspecified atom stereocenters. The van der Waals surface area contributed by atoms with E-state index < -0.39 is 0 Å². The monoisotopic (exact) mass is 243 g/mol. The number of benzene rings is 1. The highest BCUT2D eigenvalue weighted by Gasteiger charge is 2.53. The summed E-state index contributed by atoms with van der Waals surface area (Å²) < 4.78 is 5.48. The van der Waals surface area contributed by atoms with Gasteiger partial charge in [0.1, 0.15) is 0 Å². The maximum atomic E-state index is 5.48. The summed E-state index contributed by atoms with van der Waals surface area (Å²) in [5, 5.41) is 0. The summed E-state index contributed by atoms with van der Waals surface area (Å²) in [5.41, 5.74) is 2.22. The molecule has 3 aliphatic rings. The lowest BCUT2D eigenvalue weighted by Gasteiger charge is -2.61. The molecule has 2 saturated heterocycles. The van der Waals surface area contributed by atoms with E-state index >= 15 is 0 Å². The quantitative estimate of drug-likeness (QED) is 0.792. The lowest BCUT2D eigenvalue weighted by molar-refractivity contribution is -0.0945. The Hall–Kier alpha value is -0.860. The maximum absolute atomic E-state index is 5.48. The third-order valence-corrected chi connectivity index (χ3v) is 5.13. The molecule has 4 rings (SSSR count). The summed E-state index contributed by atoms with van der Waals surface area (Å²) in [6.45, 7) is 4.59. The van der Waals surface area contributed by atoms with E-state index in [1.165, 1.54) is 32.4 Å². The van der Waals surface area contributed by atoms with E-state index in [1.54, 1.807) is 5.56 Å². The average Bonchev–Trinajstić information content (AvgIpc) is 2.80. The molecular formula is C16H21NO. The van der Waals surface area contributed by atoms with E-state index in [9.17, 15) is 0 Å². The van der Waals surface area contributed by atoms with E-state index in [2.05, 4.69) is 35.2 Å². The molecule has 1 aromatic carbocycles. The summed E-state index contributed by atoms with van der Waals surface area (Å²) in [7, 11) is 0. The molecule has 0 N–H and O–H groups in total. The van der Waals surface area contributed by atoms with Crippen LogP contribution in [-0.2, 0) is 4.74 Å². The molecule has 2 aliphatic heterocycles. The Balaban J connectivity index is 1.33. The first-order chi connectivity index (χ1) is 8.85. The van der Waals surface area contributed by atoms with Crippen LogP contribution in [0.25, 0.3) is 0 Å². The molecule has 1 atom stereocenters. The van der Waals surface area contributed by atoms with Gasteiger partial charge in [0.15, 0.2) is 0 Å². The molecule has 96 valence electrons. The first kappa shape index (κ1) is 11.0. The van der Waals surface area contributed by atoms with Crippen molar-refractivity contribution in [1.82, 2.24) is 4.90 Å². The third kappa shape index (κ3) is 1.70. The van der Waals surface area contributed by atoms with Gasteiger partial charge in [-0.25, -0.2) is 0 Å². The lowest BCUT2D eigenvalue weighted by Crippen LogP contribution is -2.64. The van der Waals surface area contributed by atoms with Crippen molar-refractivity contribution in [1.29, 1.82) is 0 Å². The fraction of sp³-hybridized carbons (Fsp3) is 0.625. The summed E-state index contributed by atoms with van der Waals surface area (Å²) in [6, 6.07) is 11.8. The van der Waals surface area contributed by atoms with Gasteiger partial charge in [0.2, 0.25) is 0 Å². The Labute approximate surface area is 109 Å². The van der Waals surface area contributed by atoms with Crippen LogP contribution in [0.4, 0.5) is 0 Å². The number of rotatable bonds is 2. The first-order valence-electron chi connectivity index (χ1n) is 7.21. The zero-order valence-corrected chi connectivity index (χ0v) is 10.8. The number of hydrogen-bond acceptors (Lipinski definition) is 2. The molecule has 1 aliphatic carbocycles. The summed E-state index contributed by atoms with van der Waals surface area (Å²) in [6.07, 6.45) is 4.06. The minimum Gasteiger partial charge on any atom is -0.380 e. The standard InChI is InChI=1S/C16H21NO/c1-2-4-13(5-3-1)14-8-16(9-14)11-17(12-16)15-6-7-18-10-15/h1-5,14-15H,6-12H2. The summed E-state index contributed by atoms with van der Waals surface area (Å²) >= 11 is 0. The molecule has 0 aromatic heterocycles. The summed E-state index contributed by atoms with van der Waals surface area (Å²) in [4.78, 5) is 2.65. The number of nitrogens with zero attached hydrogens (tertiary/aromatic N) is 1. The van der Waals surface area contributed by atoms with Crippen molar-refractivity contribution < 1.29 is 4.74 Å². The molecule has 0 bridgehead atoms. The van der Waals surface area contributed by atoms with E-state index in [0.29, 0.717) is 5.41 Å². The second-order valence-electron chi connectivity index (χ2n) is 6.44.